The maximum absolute atomic E-state index is 13.1. The van der Waals surface area contributed by atoms with E-state index in [4.69, 9.17) is 27.6 Å². The summed E-state index contributed by atoms with van der Waals surface area (Å²) in [6.07, 6.45) is 4.91. The van der Waals surface area contributed by atoms with E-state index in [2.05, 4.69) is 10.2 Å². The van der Waals surface area contributed by atoms with Gasteiger partial charge >= 0.3 is 0 Å². The summed E-state index contributed by atoms with van der Waals surface area (Å²) in [7, 11) is 0. The first kappa shape index (κ1) is 20.5. The SMILES string of the molecule is O=C1/C(=C/c2cccc(Cl)c2Cl)S/C(=N/N=C\c2ccccc2)N1Cc1ccco1. The van der Waals surface area contributed by atoms with Crippen molar-refractivity contribution in [3.05, 3.63) is 98.8 Å². The molecule has 0 radical (unpaired) electrons. The van der Waals surface area contributed by atoms with Gasteiger partial charge in [0.2, 0.25) is 0 Å². The summed E-state index contributed by atoms with van der Waals surface area (Å²) in [5.74, 6) is 0.437. The van der Waals surface area contributed by atoms with Gasteiger partial charge in [-0.25, -0.2) is 0 Å². The van der Waals surface area contributed by atoms with E-state index in [1.807, 2.05) is 30.3 Å². The Morgan fingerprint density at radius 1 is 1.03 bits per heavy atom. The Morgan fingerprint density at radius 2 is 1.87 bits per heavy atom. The maximum Gasteiger partial charge on any atom is 0.267 e. The quantitative estimate of drug-likeness (QED) is 0.265. The van der Waals surface area contributed by atoms with Gasteiger partial charge in [-0.2, -0.15) is 5.10 Å². The van der Waals surface area contributed by atoms with E-state index in [-0.39, 0.29) is 12.5 Å². The summed E-state index contributed by atoms with van der Waals surface area (Å²) in [5.41, 5.74) is 1.57. The zero-order valence-electron chi connectivity index (χ0n) is 15.5. The molecule has 1 amide bonds. The van der Waals surface area contributed by atoms with Crippen molar-refractivity contribution >= 4 is 58.3 Å². The second kappa shape index (κ2) is 9.34. The Balaban J connectivity index is 1.65. The van der Waals surface area contributed by atoms with Gasteiger partial charge in [-0.1, -0.05) is 65.7 Å². The summed E-state index contributed by atoms with van der Waals surface area (Å²) in [6.45, 7) is 0.249. The molecule has 5 nitrogen and oxygen atoms in total. The van der Waals surface area contributed by atoms with E-state index in [0.29, 0.717) is 31.4 Å². The normalized spacial score (nSPS) is 17.0. The Morgan fingerprint density at radius 3 is 2.63 bits per heavy atom. The predicted molar refractivity (Wildman–Crippen MR) is 123 cm³/mol. The lowest BCUT2D eigenvalue weighted by atomic mass is 10.2. The van der Waals surface area contributed by atoms with Crippen LogP contribution in [0.4, 0.5) is 0 Å². The third-order valence-corrected chi connectivity index (χ3v) is 6.03. The van der Waals surface area contributed by atoms with Crippen molar-refractivity contribution in [3.8, 4) is 0 Å². The highest BCUT2D eigenvalue weighted by Crippen LogP contribution is 2.36. The molecule has 0 aliphatic carbocycles. The van der Waals surface area contributed by atoms with E-state index in [0.717, 1.165) is 5.56 Å². The van der Waals surface area contributed by atoms with E-state index >= 15 is 0 Å². The van der Waals surface area contributed by atoms with Crippen LogP contribution in [-0.2, 0) is 11.3 Å². The molecule has 0 saturated carbocycles. The van der Waals surface area contributed by atoms with Crippen LogP contribution in [-0.4, -0.2) is 22.2 Å². The van der Waals surface area contributed by atoms with Gasteiger partial charge < -0.3 is 4.42 Å². The standard InChI is InChI=1S/C22H15Cl2N3O2S/c23-18-10-4-8-16(20(18)24)12-19-21(28)27(14-17-9-5-11-29-17)22(30-19)26-25-13-15-6-2-1-3-7-15/h1-13H,14H2/b19-12-,25-13-,26-22+. The maximum atomic E-state index is 13.1. The van der Waals surface area contributed by atoms with Crippen LogP contribution in [0.25, 0.3) is 6.08 Å². The number of amidine groups is 1. The van der Waals surface area contributed by atoms with Crippen LogP contribution >= 0.6 is 35.0 Å². The first-order chi connectivity index (χ1) is 14.6. The van der Waals surface area contributed by atoms with Crippen molar-refractivity contribution < 1.29 is 9.21 Å². The van der Waals surface area contributed by atoms with Crippen molar-refractivity contribution in [3.63, 3.8) is 0 Å². The minimum absolute atomic E-state index is 0.207. The zero-order valence-corrected chi connectivity index (χ0v) is 17.9. The third-order valence-electron chi connectivity index (χ3n) is 4.20. The Kier molecular flexibility index (Phi) is 6.38. The molecule has 150 valence electrons. The fourth-order valence-corrected chi connectivity index (χ4v) is 4.03. The first-order valence-electron chi connectivity index (χ1n) is 8.96. The number of halogens is 2. The highest BCUT2D eigenvalue weighted by Gasteiger charge is 2.34. The van der Waals surface area contributed by atoms with Crippen LogP contribution in [0.3, 0.4) is 0 Å². The molecule has 0 spiro atoms. The number of nitrogens with zero attached hydrogens (tertiary/aromatic N) is 3. The van der Waals surface area contributed by atoms with Crippen LogP contribution in [0.2, 0.25) is 10.0 Å². The minimum atomic E-state index is -0.207. The molecule has 0 atom stereocenters. The average Bonchev–Trinajstić information content (AvgIpc) is 3.36. The van der Waals surface area contributed by atoms with Crippen molar-refractivity contribution in [2.45, 2.75) is 6.54 Å². The number of carbonyl (C=O) groups excluding carboxylic acids is 1. The van der Waals surface area contributed by atoms with Crippen molar-refractivity contribution in [1.82, 2.24) is 4.90 Å². The fourth-order valence-electron chi connectivity index (χ4n) is 2.74. The topological polar surface area (TPSA) is 58.2 Å². The molecular formula is C22H15Cl2N3O2S. The number of hydrogen-bond acceptors (Lipinski definition) is 5. The summed E-state index contributed by atoms with van der Waals surface area (Å²) >= 11 is 13.6. The Hall–Kier alpha value is -2.80. The van der Waals surface area contributed by atoms with Gasteiger partial charge in [0.05, 0.1) is 34.0 Å². The van der Waals surface area contributed by atoms with E-state index in [1.165, 1.54) is 16.7 Å². The molecule has 2 heterocycles. The number of rotatable bonds is 5. The lowest BCUT2D eigenvalue weighted by Gasteiger charge is -2.12. The van der Waals surface area contributed by atoms with Gasteiger partial charge in [0.1, 0.15) is 5.76 Å². The van der Waals surface area contributed by atoms with Gasteiger partial charge in [-0.15, -0.1) is 5.10 Å². The lowest BCUT2D eigenvalue weighted by molar-refractivity contribution is -0.122. The molecule has 1 aromatic heterocycles. The van der Waals surface area contributed by atoms with Gasteiger partial charge in [-0.05, 0) is 47.2 Å². The first-order valence-corrected chi connectivity index (χ1v) is 10.5. The zero-order chi connectivity index (χ0) is 20.9. The number of hydrogen-bond donors (Lipinski definition) is 0. The molecule has 1 aliphatic rings. The molecule has 0 N–H and O–H groups in total. The largest absolute Gasteiger partial charge is 0.467 e. The van der Waals surface area contributed by atoms with Gasteiger partial charge in [0.25, 0.3) is 5.91 Å². The highest BCUT2D eigenvalue weighted by molar-refractivity contribution is 8.18. The van der Waals surface area contributed by atoms with Gasteiger partial charge in [0.15, 0.2) is 5.17 Å². The summed E-state index contributed by atoms with van der Waals surface area (Å²) in [5, 5.41) is 9.70. The summed E-state index contributed by atoms with van der Waals surface area (Å²) in [4.78, 5) is 15.1. The number of carbonyl (C=O) groups is 1. The van der Waals surface area contributed by atoms with E-state index < -0.39 is 0 Å². The number of benzene rings is 2. The van der Waals surface area contributed by atoms with Crippen LogP contribution in [0.15, 0.2) is 86.5 Å². The highest BCUT2D eigenvalue weighted by atomic mass is 35.5. The Bertz CT molecular complexity index is 1140. The Labute approximate surface area is 187 Å². The van der Waals surface area contributed by atoms with Gasteiger partial charge in [0, 0.05) is 0 Å². The van der Waals surface area contributed by atoms with Crippen molar-refractivity contribution in [1.29, 1.82) is 0 Å². The van der Waals surface area contributed by atoms with Crippen LogP contribution in [0.1, 0.15) is 16.9 Å². The lowest BCUT2D eigenvalue weighted by Crippen LogP contribution is -2.28. The predicted octanol–water partition coefficient (Wildman–Crippen LogP) is 6.09. The molecular weight excluding hydrogens is 441 g/mol. The van der Waals surface area contributed by atoms with Crippen molar-refractivity contribution in [2.75, 3.05) is 0 Å². The molecule has 30 heavy (non-hydrogen) atoms. The van der Waals surface area contributed by atoms with Crippen LogP contribution in [0, 0.1) is 0 Å². The monoisotopic (exact) mass is 455 g/mol. The van der Waals surface area contributed by atoms with E-state index in [9.17, 15) is 4.79 Å². The number of amides is 1. The second-order valence-electron chi connectivity index (χ2n) is 6.26. The fraction of sp³-hybridized carbons (Fsp3) is 0.0455. The molecule has 1 fully saturated rings. The molecule has 8 heteroatoms. The summed E-state index contributed by atoms with van der Waals surface area (Å²) in [6, 6.07) is 18.5. The minimum Gasteiger partial charge on any atom is -0.467 e. The van der Waals surface area contributed by atoms with Crippen LogP contribution < -0.4 is 0 Å². The van der Waals surface area contributed by atoms with Crippen molar-refractivity contribution in [2.24, 2.45) is 10.2 Å². The average molecular weight is 456 g/mol. The molecule has 3 aromatic rings. The van der Waals surface area contributed by atoms with E-state index in [1.54, 1.807) is 48.9 Å². The van der Waals surface area contributed by atoms with Crippen LogP contribution in [0.5, 0.6) is 0 Å². The third kappa shape index (κ3) is 4.67. The number of thioether (sulfide) groups is 1. The number of furan rings is 1. The molecule has 2 aromatic carbocycles. The molecule has 1 saturated heterocycles. The smallest absolute Gasteiger partial charge is 0.267 e. The second-order valence-corrected chi connectivity index (χ2v) is 8.06. The summed E-state index contributed by atoms with van der Waals surface area (Å²) < 4.78 is 5.40. The molecule has 0 unspecified atom stereocenters. The molecule has 0 bridgehead atoms. The van der Waals surface area contributed by atoms with Gasteiger partial charge in [-0.3, -0.25) is 9.69 Å². The molecule has 1 aliphatic heterocycles. The molecule has 4 rings (SSSR count).